The van der Waals surface area contributed by atoms with E-state index in [-0.39, 0.29) is 0 Å². The maximum Gasteiger partial charge on any atom is 0.213 e. The molecule has 0 bridgehead atoms. The van der Waals surface area contributed by atoms with Crippen molar-refractivity contribution < 1.29 is 9.84 Å². The Morgan fingerprint density at radius 2 is 2.12 bits per heavy atom. The van der Waals surface area contributed by atoms with Gasteiger partial charge in [-0.3, -0.25) is 4.90 Å². The molecule has 0 saturated carbocycles. The van der Waals surface area contributed by atoms with Crippen LogP contribution in [0.15, 0.2) is 18.2 Å². The molecule has 1 aromatic rings. The number of ether oxygens (including phenoxy) is 1. The van der Waals surface area contributed by atoms with Crippen LogP contribution in [0, 0.1) is 0 Å². The highest BCUT2D eigenvalue weighted by Gasteiger charge is 2.27. The summed E-state index contributed by atoms with van der Waals surface area (Å²) in [5.74, 6) is 0.659. The number of nitrogens with zero attached hydrogens (tertiary/aromatic N) is 2. The Hall–Kier alpha value is -1.13. The van der Waals surface area contributed by atoms with E-state index in [2.05, 4.69) is 9.88 Å². The van der Waals surface area contributed by atoms with Gasteiger partial charge in [-0.25, -0.2) is 4.98 Å². The summed E-state index contributed by atoms with van der Waals surface area (Å²) in [5.41, 5.74) is 0.532. The molecule has 1 saturated heterocycles. The predicted octanol–water partition coefficient (Wildman–Crippen LogP) is 1.44. The van der Waals surface area contributed by atoms with Gasteiger partial charge in [0.25, 0.3) is 0 Å². The first-order valence-electron chi connectivity index (χ1n) is 6.04. The quantitative estimate of drug-likeness (QED) is 0.862. The maximum absolute atomic E-state index is 9.88. The number of hydrogen-bond acceptors (Lipinski definition) is 4. The van der Waals surface area contributed by atoms with Crippen LogP contribution in [-0.4, -0.2) is 40.8 Å². The van der Waals surface area contributed by atoms with Crippen molar-refractivity contribution in [1.82, 2.24) is 9.88 Å². The molecule has 1 fully saturated rings. The molecule has 17 heavy (non-hydrogen) atoms. The summed E-state index contributed by atoms with van der Waals surface area (Å²) in [6.45, 7) is 4.58. The van der Waals surface area contributed by atoms with E-state index in [0.29, 0.717) is 5.88 Å². The number of rotatable bonds is 3. The standard InChI is InChI=1S/C13H20N2O2/c1-13(16)6-8-15(9-7-13)10-11-4-3-5-12(14-11)17-2/h3-5,16H,6-10H2,1-2H3. The van der Waals surface area contributed by atoms with Gasteiger partial charge in [0.15, 0.2) is 0 Å². The SMILES string of the molecule is COc1cccc(CN2CCC(C)(O)CC2)n1. The normalized spacial score (nSPS) is 20.2. The summed E-state index contributed by atoms with van der Waals surface area (Å²) in [5, 5.41) is 9.88. The molecule has 4 heteroatoms. The summed E-state index contributed by atoms with van der Waals surface area (Å²) in [7, 11) is 1.63. The Bertz CT molecular complexity index is 369. The molecule has 2 rings (SSSR count). The lowest BCUT2D eigenvalue weighted by Crippen LogP contribution is -2.42. The van der Waals surface area contributed by atoms with Crippen LogP contribution in [0.2, 0.25) is 0 Å². The van der Waals surface area contributed by atoms with Crippen LogP contribution in [0.5, 0.6) is 5.88 Å². The third-order valence-electron chi connectivity index (χ3n) is 3.31. The largest absolute Gasteiger partial charge is 0.481 e. The van der Waals surface area contributed by atoms with Gasteiger partial charge in [-0.2, -0.15) is 0 Å². The predicted molar refractivity (Wildman–Crippen MR) is 65.9 cm³/mol. The number of aliphatic hydroxyl groups is 1. The number of methoxy groups -OCH3 is 1. The van der Waals surface area contributed by atoms with Crippen molar-refractivity contribution >= 4 is 0 Å². The molecule has 0 aliphatic carbocycles. The second-order valence-corrected chi connectivity index (χ2v) is 4.94. The molecule has 1 aliphatic rings. The topological polar surface area (TPSA) is 45.6 Å². The highest BCUT2D eigenvalue weighted by Crippen LogP contribution is 2.22. The number of pyridine rings is 1. The van der Waals surface area contributed by atoms with Crippen LogP contribution >= 0.6 is 0 Å². The zero-order valence-electron chi connectivity index (χ0n) is 10.5. The van der Waals surface area contributed by atoms with E-state index < -0.39 is 5.60 Å². The molecule has 0 atom stereocenters. The molecule has 0 unspecified atom stereocenters. The van der Waals surface area contributed by atoms with E-state index in [1.165, 1.54) is 0 Å². The minimum absolute atomic E-state index is 0.488. The molecular formula is C13H20N2O2. The van der Waals surface area contributed by atoms with E-state index in [4.69, 9.17) is 4.74 Å². The Kier molecular flexibility index (Phi) is 3.64. The first-order valence-corrected chi connectivity index (χ1v) is 6.04. The number of piperidine rings is 1. The van der Waals surface area contributed by atoms with Crippen LogP contribution in [-0.2, 0) is 6.54 Å². The average molecular weight is 236 g/mol. The van der Waals surface area contributed by atoms with Crippen LogP contribution in [0.4, 0.5) is 0 Å². The minimum atomic E-state index is -0.488. The van der Waals surface area contributed by atoms with Crippen LogP contribution in [0.25, 0.3) is 0 Å². The second-order valence-electron chi connectivity index (χ2n) is 4.94. The van der Waals surface area contributed by atoms with Crippen molar-refractivity contribution in [3.63, 3.8) is 0 Å². The van der Waals surface area contributed by atoms with Crippen molar-refractivity contribution in [2.24, 2.45) is 0 Å². The first kappa shape index (κ1) is 12.3. The molecule has 0 amide bonds. The molecule has 94 valence electrons. The van der Waals surface area contributed by atoms with E-state index in [0.717, 1.165) is 38.2 Å². The lowest BCUT2D eigenvalue weighted by Gasteiger charge is -2.35. The number of aromatic nitrogens is 1. The lowest BCUT2D eigenvalue weighted by molar-refractivity contribution is -0.00760. The summed E-state index contributed by atoms with van der Waals surface area (Å²) in [6, 6.07) is 5.82. The Balaban J connectivity index is 1.93. The Morgan fingerprint density at radius 3 is 2.76 bits per heavy atom. The van der Waals surface area contributed by atoms with Gasteiger partial charge >= 0.3 is 0 Å². The molecule has 0 aromatic carbocycles. The Labute approximate surface area is 102 Å². The van der Waals surface area contributed by atoms with Gasteiger partial charge in [-0.05, 0) is 25.8 Å². The maximum atomic E-state index is 9.88. The van der Waals surface area contributed by atoms with Gasteiger partial charge < -0.3 is 9.84 Å². The number of hydrogen-bond donors (Lipinski definition) is 1. The lowest BCUT2D eigenvalue weighted by atomic mass is 9.94. The van der Waals surface area contributed by atoms with Gasteiger partial charge in [-0.15, -0.1) is 0 Å². The summed E-state index contributed by atoms with van der Waals surface area (Å²) < 4.78 is 5.11. The molecule has 0 spiro atoms. The molecular weight excluding hydrogens is 216 g/mol. The second kappa shape index (κ2) is 5.02. The van der Waals surface area contributed by atoms with Gasteiger partial charge in [-0.1, -0.05) is 6.07 Å². The van der Waals surface area contributed by atoms with Gasteiger partial charge in [0.2, 0.25) is 5.88 Å². The van der Waals surface area contributed by atoms with Gasteiger partial charge in [0.05, 0.1) is 18.4 Å². The van der Waals surface area contributed by atoms with Gasteiger partial charge in [0, 0.05) is 25.7 Å². The average Bonchev–Trinajstić information content (AvgIpc) is 2.32. The molecule has 1 N–H and O–H groups in total. The zero-order valence-corrected chi connectivity index (χ0v) is 10.5. The fourth-order valence-corrected chi connectivity index (χ4v) is 2.08. The summed E-state index contributed by atoms with van der Waals surface area (Å²) >= 11 is 0. The fourth-order valence-electron chi connectivity index (χ4n) is 2.08. The van der Waals surface area contributed by atoms with Crippen molar-refractivity contribution in [3.05, 3.63) is 23.9 Å². The molecule has 4 nitrogen and oxygen atoms in total. The molecule has 0 radical (unpaired) electrons. The van der Waals surface area contributed by atoms with Crippen molar-refractivity contribution in [2.45, 2.75) is 31.9 Å². The van der Waals surface area contributed by atoms with Crippen molar-refractivity contribution in [1.29, 1.82) is 0 Å². The first-order chi connectivity index (χ1) is 8.09. The number of likely N-dealkylation sites (tertiary alicyclic amines) is 1. The van der Waals surface area contributed by atoms with Crippen LogP contribution in [0.3, 0.4) is 0 Å². The monoisotopic (exact) mass is 236 g/mol. The third-order valence-corrected chi connectivity index (χ3v) is 3.31. The molecule has 2 heterocycles. The van der Waals surface area contributed by atoms with Gasteiger partial charge in [0.1, 0.15) is 0 Å². The van der Waals surface area contributed by atoms with E-state index >= 15 is 0 Å². The van der Waals surface area contributed by atoms with Crippen molar-refractivity contribution in [3.8, 4) is 5.88 Å². The molecule has 1 aromatic heterocycles. The Morgan fingerprint density at radius 1 is 1.41 bits per heavy atom. The highest BCUT2D eigenvalue weighted by molar-refractivity contribution is 5.15. The van der Waals surface area contributed by atoms with E-state index in [9.17, 15) is 5.11 Å². The van der Waals surface area contributed by atoms with Crippen LogP contribution < -0.4 is 4.74 Å². The molecule has 1 aliphatic heterocycles. The van der Waals surface area contributed by atoms with Crippen molar-refractivity contribution in [2.75, 3.05) is 20.2 Å². The summed E-state index contributed by atoms with van der Waals surface area (Å²) in [6.07, 6.45) is 1.66. The minimum Gasteiger partial charge on any atom is -0.481 e. The third kappa shape index (κ3) is 3.41. The van der Waals surface area contributed by atoms with Crippen LogP contribution in [0.1, 0.15) is 25.5 Å². The smallest absolute Gasteiger partial charge is 0.213 e. The zero-order chi connectivity index (χ0) is 12.3. The highest BCUT2D eigenvalue weighted by atomic mass is 16.5. The fraction of sp³-hybridized carbons (Fsp3) is 0.615. The summed E-state index contributed by atoms with van der Waals surface area (Å²) in [4.78, 5) is 6.71. The van der Waals surface area contributed by atoms with E-state index in [1.54, 1.807) is 7.11 Å². The van der Waals surface area contributed by atoms with E-state index in [1.807, 2.05) is 25.1 Å².